The Morgan fingerprint density at radius 1 is 1.15 bits per heavy atom. The van der Waals surface area contributed by atoms with Crippen LogP contribution >= 0.6 is 0 Å². The van der Waals surface area contributed by atoms with Gasteiger partial charge in [-0.05, 0) is 30.3 Å². The lowest BCUT2D eigenvalue weighted by molar-refractivity contribution is 0.0689. The molecule has 134 valence electrons. The first-order valence-corrected chi connectivity index (χ1v) is 9.02. The van der Waals surface area contributed by atoms with Crippen LogP contribution in [0.25, 0.3) is 10.9 Å². The third-order valence-corrected chi connectivity index (χ3v) is 5.31. The van der Waals surface area contributed by atoms with Crippen LogP contribution < -0.4 is 0 Å². The Labute approximate surface area is 156 Å². The third kappa shape index (κ3) is 2.44. The van der Waals surface area contributed by atoms with E-state index in [9.17, 15) is 4.79 Å². The van der Waals surface area contributed by atoms with Gasteiger partial charge < -0.3 is 14.5 Å². The largest absolute Gasteiger partial charge is 0.351 e. The smallest absolute Gasteiger partial charge is 0.255 e. The number of aromatic amines is 1. The van der Waals surface area contributed by atoms with Crippen molar-refractivity contribution in [3.05, 3.63) is 83.8 Å². The number of benzene rings is 1. The van der Waals surface area contributed by atoms with Crippen LogP contribution in [0, 0.1) is 0 Å². The standard InChI is InChI=1S/C21H19N5O/c1-25-11-8-14-15(5-4-7-18(14)25)21(27)26-12-9-16-19(24-13-23-16)20(26)17-6-2-3-10-22-17/h2-8,10-11,13,20H,9,12H2,1H3,(H,23,24)/t20-/m0/s1. The Bertz CT molecular complexity index is 1130. The van der Waals surface area contributed by atoms with Crippen molar-refractivity contribution in [1.29, 1.82) is 0 Å². The number of nitrogens with zero attached hydrogens (tertiary/aromatic N) is 4. The quantitative estimate of drug-likeness (QED) is 0.599. The van der Waals surface area contributed by atoms with Gasteiger partial charge in [0.25, 0.3) is 5.91 Å². The van der Waals surface area contributed by atoms with Crippen molar-refractivity contribution in [1.82, 2.24) is 24.4 Å². The summed E-state index contributed by atoms with van der Waals surface area (Å²) in [6.07, 6.45) is 6.21. The fourth-order valence-electron chi connectivity index (χ4n) is 3.98. The maximum atomic E-state index is 13.6. The Morgan fingerprint density at radius 2 is 2.07 bits per heavy atom. The van der Waals surface area contributed by atoms with Gasteiger partial charge in [0.05, 0.1) is 17.7 Å². The molecule has 0 saturated heterocycles. The van der Waals surface area contributed by atoms with Gasteiger partial charge in [0.15, 0.2) is 0 Å². The van der Waals surface area contributed by atoms with Gasteiger partial charge in [0, 0.05) is 54.6 Å². The second kappa shape index (κ2) is 6.09. The maximum absolute atomic E-state index is 13.6. The zero-order valence-electron chi connectivity index (χ0n) is 15.0. The zero-order valence-corrected chi connectivity index (χ0v) is 15.0. The number of aromatic nitrogens is 4. The van der Waals surface area contributed by atoms with Crippen LogP contribution in [0.3, 0.4) is 0 Å². The number of pyridine rings is 1. The molecule has 0 unspecified atom stereocenters. The lowest BCUT2D eigenvalue weighted by Crippen LogP contribution is -2.41. The fourth-order valence-corrected chi connectivity index (χ4v) is 3.98. The molecule has 1 aliphatic rings. The first-order chi connectivity index (χ1) is 13.2. The molecule has 1 aliphatic heterocycles. The number of aryl methyl sites for hydroxylation is 1. The van der Waals surface area contributed by atoms with Crippen LogP contribution in [0.15, 0.2) is 61.2 Å². The van der Waals surface area contributed by atoms with Crippen molar-refractivity contribution >= 4 is 16.8 Å². The van der Waals surface area contributed by atoms with Crippen molar-refractivity contribution in [3.8, 4) is 0 Å². The van der Waals surface area contributed by atoms with Crippen LogP contribution in [0.4, 0.5) is 0 Å². The van der Waals surface area contributed by atoms with Crippen molar-refractivity contribution < 1.29 is 4.79 Å². The van der Waals surface area contributed by atoms with Gasteiger partial charge in [0.2, 0.25) is 0 Å². The van der Waals surface area contributed by atoms with Crippen molar-refractivity contribution in [3.63, 3.8) is 0 Å². The number of hydrogen-bond acceptors (Lipinski definition) is 3. The first kappa shape index (κ1) is 15.8. The number of carbonyl (C=O) groups excluding carboxylic acids is 1. The average molecular weight is 357 g/mol. The summed E-state index contributed by atoms with van der Waals surface area (Å²) in [5, 5.41) is 0.970. The van der Waals surface area contributed by atoms with Gasteiger partial charge in [-0.1, -0.05) is 12.1 Å². The summed E-state index contributed by atoms with van der Waals surface area (Å²) in [6, 6.07) is 13.4. The fraction of sp³-hybridized carbons (Fsp3) is 0.190. The van der Waals surface area contributed by atoms with E-state index in [4.69, 9.17) is 0 Å². The molecule has 0 fully saturated rings. The van der Waals surface area contributed by atoms with E-state index in [1.54, 1.807) is 12.5 Å². The number of H-pyrrole nitrogens is 1. The van der Waals surface area contributed by atoms with Crippen molar-refractivity contribution in [2.45, 2.75) is 12.5 Å². The molecule has 27 heavy (non-hydrogen) atoms. The minimum Gasteiger partial charge on any atom is -0.351 e. The molecule has 4 heterocycles. The number of amides is 1. The molecule has 1 aromatic carbocycles. The van der Waals surface area contributed by atoms with Crippen LogP contribution in [0.5, 0.6) is 0 Å². The molecular formula is C21H19N5O. The Kier molecular flexibility index (Phi) is 3.57. The number of rotatable bonds is 2. The molecule has 5 rings (SSSR count). The summed E-state index contributed by atoms with van der Waals surface area (Å²) in [5.41, 5.74) is 4.56. The van der Waals surface area contributed by atoms with E-state index < -0.39 is 0 Å². The van der Waals surface area contributed by atoms with Gasteiger partial charge >= 0.3 is 0 Å². The number of fused-ring (bicyclic) bond motifs is 2. The molecule has 0 saturated carbocycles. The first-order valence-electron chi connectivity index (χ1n) is 9.02. The minimum atomic E-state index is -0.285. The van der Waals surface area contributed by atoms with Crippen LogP contribution in [0.1, 0.15) is 33.5 Å². The van der Waals surface area contributed by atoms with E-state index >= 15 is 0 Å². The van der Waals surface area contributed by atoms with Gasteiger partial charge in [0.1, 0.15) is 6.04 Å². The molecule has 6 heteroatoms. The molecule has 0 aliphatic carbocycles. The van der Waals surface area contributed by atoms with E-state index in [0.717, 1.165) is 34.4 Å². The highest BCUT2D eigenvalue weighted by Crippen LogP contribution is 2.34. The summed E-state index contributed by atoms with van der Waals surface area (Å²) in [4.78, 5) is 27.7. The minimum absolute atomic E-state index is 0.0103. The molecule has 4 aromatic rings. The predicted molar refractivity (Wildman–Crippen MR) is 102 cm³/mol. The van der Waals surface area contributed by atoms with Crippen molar-refractivity contribution in [2.24, 2.45) is 7.05 Å². The molecule has 0 radical (unpaired) electrons. The molecule has 0 bridgehead atoms. The Hall–Kier alpha value is -3.41. The number of imidazole rings is 1. The molecule has 1 amide bonds. The molecular weight excluding hydrogens is 338 g/mol. The second-order valence-electron chi connectivity index (χ2n) is 6.84. The summed E-state index contributed by atoms with van der Waals surface area (Å²) < 4.78 is 2.03. The highest BCUT2D eigenvalue weighted by Gasteiger charge is 2.35. The zero-order chi connectivity index (χ0) is 18.4. The average Bonchev–Trinajstić information content (AvgIpc) is 3.34. The Balaban J connectivity index is 1.63. The highest BCUT2D eigenvalue weighted by molar-refractivity contribution is 6.06. The molecule has 1 atom stereocenters. The topological polar surface area (TPSA) is 66.8 Å². The monoisotopic (exact) mass is 357 g/mol. The Morgan fingerprint density at radius 3 is 2.93 bits per heavy atom. The highest BCUT2D eigenvalue weighted by atomic mass is 16.2. The molecule has 1 N–H and O–H groups in total. The van der Waals surface area contributed by atoms with Gasteiger partial charge in [-0.25, -0.2) is 4.98 Å². The summed E-state index contributed by atoms with van der Waals surface area (Å²) in [7, 11) is 1.99. The summed E-state index contributed by atoms with van der Waals surface area (Å²) >= 11 is 0. The van der Waals surface area contributed by atoms with Crippen molar-refractivity contribution in [2.75, 3.05) is 6.54 Å². The normalized spacial score (nSPS) is 16.5. The summed E-state index contributed by atoms with van der Waals surface area (Å²) in [6.45, 7) is 0.624. The van der Waals surface area contributed by atoms with E-state index in [-0.39, 0.29) is 11.9 Å². The van der Waals surface area contributed by atoms with Crippen LogP contribution in [0.2, 0.25) is 0 Å². The SMILES string of the molecule is Cn1ccc2c(C(=O)N3CCc4[nH]cnc4[C@@H]3c3ccccn3)cccc21. The molecule has 6 nitrogen and oxygen atoms in total. The lowest BCUT2D eigenvalue weighted by atomic mass is 9.97. The number of hydrogen-bond donors (Lipinski definition) is 1. The van der Waals surface area contributed by atoms with Crippen LogP contribution in [-0.2, 0) is 13.5 Å². The number of carbonyl (C=O) groups is 1. The van der Waals surface area contributed by atoms with Gasteiger partial charge in [-0.15, -0.1) is 0 Å². The second-order valence-corrected chi connectivity index (χ2v) is 6.84. The maximum Gasteiger partial charge on any atom is 0.255 e. The molecule has 3 aromatic heterocycles. The predicted octanol–water partition coefficient (Wildman–Crippen LogP) is 3.08. The van der Waals surface area contributed by atoms with Crippen LogP contribution in [-0.4, -0.2) is 36.9 Å². The third-order valence-electron chi connectivity index (χ3n) is 5.31. The van der Waals surface area contributed by atoms with E-state index in [1.807, 2.05) is 65.2 Å². The van der Waals surface area contributed by atoms with E-state index in [1.165, 1.54) is 0 Å². The van der Waals surface area contributed by atoms with E-state index in [0.29, 0.717) is 12.1 Å². The molecule has 0 spiro atoms. The van der Waals surface area contributed by atoms with Gasteiger partial charge in [-0.3, -0.25) is 9.78 Å². The number of nitrogens with one attached hydrogen (secondary N) is 1. The van der Waals surface area contributed by atoms with Gasteiger partial charge in [-0.2, -0.15) is 0 Å². The van der Waals surface area contributed by atoms with E-state index in [2.05, 4.69) is 15.0 Å². The summed E-state index contributed by atoms with van der Waals surface area (Å²) in [5.74, 6) is 0.0103. The lowest BCUT2D eigenvalue weighted by Gasteiger charge is -2.34.